The Hall–Kier alpha value is 4.30. The molecule has 0 fully saturated rings. The topological polar surface area (TPSA) is 0 Å². The van der Waals surface area contributed by atoms with Crippen LogP contribution in [0.1, 0.15) is 5.56 Å². The van der Waals surface area contributed by atoms with E-state index in [4.69, 9.17) is 0 Å². The number of benzene rings is 6. The molecule has 49 heavy (non-hydrogen) atoms. The fourth-order valence-corrected chi connectivity index (χ4v) is 19.8. The van der Waals surface area contributed by atoms with E-state index in [1.165, 1.54) is 32.5 Å². The SMILES string of the molecule is Brc1cc2ccc3c(C(Br)(Br)C(Br)(Br)C(Br)(Br)C(Br)(Br)C(Br)(Br)C(Br)(Br)C(Br)(Br)Br)ccc4ccc(c1-c1ccc5ccccc5c1)c2c43. The summed E-state index contributed by atoms with van der Waals surface area (Å²) in [4.78, 5) is 0. The van der Waals surface area contributed by atoms with Gasteiger partial charge >= 0.3 is 0 Å². The van der Waals surface area contributed by atoms with Crippen molar-refractivity contribution in [2.45, 2.75) is 21.5 Å². The molecule has 0 aliphatic rings. The van der Waals surface area contributed by atoms with Crippen molar-refractivity contribution in [1.29, 1.82) is 0 Å². The van der Waals surface area contributed by atoms with E-state index in [1.807, 2.05) is 0 Å². The molecular formula is C33H14Br16. The first-order valence-electron chi connectivity index (χ1n) is 13.6. The van der Waals surface area contributed by atoms with Crippen LogP contribution in [0.5, 0.6) is 0 Å². The summed E-state index contributed by atoms with van der Waals surface area (Å²) in [5, 5.41) is 9.39. The van der Waals surface area contributed by atoms with Gasteiger partial charge in [0.1, 0.15) is 19.4 Å². The van der Waals surface area contributed by atoms with Crippen molar-refractivity contribution in [2.24, 2.45) is 0 Å². The maximum Gasteiger partial charge on any atom is 0.162 e. The van der Waals surface area contributed by atoms with Gasteiger partial charge in [0, 0.05) is 10.0 Å². The van der Waals surface area contributed by atoms with Gasteiger partial charge in [0.15, 0.2) is 2.14 Å². The molecule has 0 heterocycles. The molecule has 258 valence electrons. The number of rotatable bonds is 7. The monoisotopic (exact) mass is 1670 g/mol. The molecule has 6 aromatic carbocycles. The predicted octanol–water partition coefficient (Wildman–Crippen LogP) is 19.4. The molecule has 0 aromatic heterocycles. The Morgan fingerprint density at radius 3 is 1.51 bits per heavy atom. The van der Waals surface area contributed by atoms with Crippen LogP contribution in [0.25, 0.3) is 54.2 Å². The number of alkyl halides is 15. The zero-order valence-corrected chi connectivity index (χ0v) is 49.0. The normalized spacial score (nSPS) is 14.5. The van der Waals surface area contributed by atoms with Crippen molar-refractivity contribution in [1.82, 2.24) is 0 Å². The summed E-state index contributed by atoms with van der Waals surface area (Å²) in [6, 6.07) is 30.6. The van der Waals surface area contributed by atoms with Crippen LogP contribution in [0.15, 0.2) is 89.4 Å². The van der Waals surface area contributed by atoms with E-state index in [0.29, 0.717) is 0 Å². The Kier molecular flexibility index (Phi) is 13.0. The molecule has 0 saturated heterocycles. The van der Waals surface area contributed by atoms with E-state index >= 15 is 0 Å². The standard InChI is InChI=1S/C33H14Br16/c34-23-14-19-8-10-20-22(27(35,36)28(37,38)29(39,40)30(41,42)31(43,44)32(45,46)33(47,48)49)12-9-16-7-11-21(26(19)25(16)20)24(23)18-6-5-15-3-1-2-4-17(15)13-18/h1-14H. The third-order valence-corrected chi connectivity index (χ3v) is 38.6. The maximum absolute atomic E-state index is 4.14. The number of hydrogen-bond donors (Lipinski definition) is 0. The molecule has 6 rings (SSSR count). The first kappa shape index (κ1) is 42.9. The highest BCUT2D eigenvalue weighted by molar-refractivity contribution is 9.42. The summed E-state index contributed by atoms with van der Waals surface area (Å²) in [6.07, 6.45) is 0. The minimum Gasteiger partial charge on any atom is -0.0675 e. The third kappa shape index (κ3) is 6.82. The summed E-state index contributed by atoms with van der Waals surface area (Å²) in [5.74, 6) is 0. The molecule has 0 atom stereocenters. The van der Waals surface area contributed by atoms with Crippen LogP contribution in [0, 0.1) is 0 Å². The molecule has 0 aliphatic heterocycles. The lowest BCUT2D eigenvalue weighted by Crippen LogP contribution is -2.65. The smallest absolute Gasteiger partial charge is 0.0675 e. The van der Waals surface area contributed by atoms with Gasteiger partial charge in [-0.05, 0) is 66.3 Å². The van der Waals surface area contributed by atoms with Crippen molar-refractivity contribution in [3.63, 3.8) is 0 Å². The van der Waals surface area contributed by atoms with E-state index in [-0.39, 0.29) is 0 Å². The first-order valence-corrected chi connectivity index (χ1v) is 26.3. The lowest BCUT2D eigenvalue weighted by atomic mass is 9.87. The molecule has 0 unspecified atom stereocenters. The molecule has 6 aromatic rings. The second-order valence-electron chi connectivity index (χ2n) is 11.3. The lowest BCUT2D eigenvalue weighted by molar-refractivity contribution is 0.606. The first-order chi connectivity index (χ1) is 22.4. The van der Waals surface area contributed by atoms with Gasteiger partial charge < -0.3 is 0 Å². The quantitative estimate of drug-likeness (QED) is 0.110. The van der Waals surface area contributed by atoms with Gasteiger partial charge in [-0.2, -0.15) is 0 Å². The van der Waals surface area contributed by atoms with E-state index in [9.17, 15) is 0 Å². The molecule has 0 saturated carbocycles. The number of fused-ring (bicyclic) bond motifs is 1. The second-order valence-corrected chi connectivity index (χ2v) is 39.5. The van der Waals surface area contributed by atoms with Gasteiger partial charge in [0.25, 0.3) is 0 Å². The van der Waals surface area contributed by atoms with Crippen molar-refractivity contribution in [3.8, 4) is 11.1 Å². The largest absolute Gasteiger partial charge is 0.162 e. The highest BCUT2D eigenvalue weighted by Crippen LogP contribution is 2.77. The van der Waals surface area contributed by atoms with Gasteiger partial charge in [-0.25, -0.2) is 0 Å². The van der Waals surface area contributed by atoms with Crippen LogP contribution in [0.2, 0.25) is 0 Å². The molecule has 0 spiro atoms. The van der Waals surface area contributed by atoms with Crippen LogP contribution in [0.4, 0.5) is 0 Å². The zero-order valence-electron chi connectivity index (χ0n) is 23.6. The average molecular weight is 1690 g/mol. The van der Waals surface area contributed by atoms with Gasteiger partial charge in [-0.1, -0.05) is 328 Å². The number of hydrogen-bond acceptors (Lipinski definition) is 0. The van der Waals surface area contributed by atoms with Crippen LogP contribution in [-0.2, 0) is 3.23 Å². The van der Waals surface area contributed by atoms with E-state index in [1.54, 1.807) is 0 Å². The Bertz CT molecular complexity index is 2250. The molecular weight excluding hydrogens is 1670 g/mol. The molecule has 0 radical (unpaired) electrons. The molecule has 0 N–H and O–H groups in total. The van der Waals surface area contributed by atoms with Crippen LogP contribution in [0.3, 0.4) is 0 Å². The van der Waals surface area contributed by atoms with Gasteiger partial charge in [-0.15, -0.1) is 0 Å². The van der Waals surface area contributed by atoms with Gasteiger partial charge in [0.2, 0.25) is 0 Å². The van der Waals surface area contributed by atoms with Gasteiger partial charge in [-0.3, -0.25) is 0 Å². The summed E-state index contributed by atoms with van der Waals surface area (Å²) in [6.45, 7) is 0. The Morgan fingerprint density at radius 1 is 0.388 bits per heavy atom. The highest BCUT2D eigenvalue weighted by atomic mass is 80.0. The highest BCUT2D eigenvalue weighted by Gasteiger charge is 2.75. The minimum absolute atomic E-state index is 0.816. The lowest BCUT2D eigenvalue weighted by Gasteiger charge is -2.56. The second kappa shape index (κ2) is 14.8. The van der Waals surface area contributed by atoms with Crippen molar-refractivity contribution in [3.05, 3.63) is 95.0 Å². The average Bonchev–Trinajstić information content (AvgIpc) is 3.01. The molecule has 16 heteroatoms. The van der Waals surface area contributed by atoms with Crippen molar-refractivity contribution in [2.75, 3.05) is 0 Å². The van der Waals surface area contributed by atoms with Gasteiger partial charge in [0.05, 0.1) is 0 Å². The fraction of sp³-hybridized carbons (Fsp3) is 0.212. The van der Waals surface area contributed by atoms with Crippen molar-refractivity contribution >= 4 is 298 Å². The predicted molar refractivity (Wildman–Crippen MR) is 273 cm³/mol. The fourth-order valence-electron chi connectivity index (χ4n) is 5.89. The van der Waals surface area contributed by atoms with E-state index in [0.717, 1.165) is 31.8 Å². The Labute approximate surface area is 418 Å². The summed E-state index contributed by atoms with van der Waals surface area (Å²) >= 11 is 63.2. The number of halogens is 16. The minimum atomic E-state index is -1.05. The van der Waals surface area contributed by atoms with Crippen LogP contribution >= 0.6 is 255 Å². The Balaban J connectivity index is 1.56. The van der Waals surface area contributed by atoms with Crippen LogP contribution in [-0.4, -0.2) is 18.3 Å². The molecule has 0 nitrogen and oxygen atoms in total. The summed E-state index contributed by atoms with van der Waals surface area (Å²) < 4.78 is -5.73. The maximum atomic E-state index is 4.14. The zero-order chi connectivity index (χ0) is 36.3. The van der Waals surface area contributed by atoms with E-state index < -0.39 is 21.5 Å². The molecule has 0 aliphatic carbocycles. The Morgan fingerprint density at radius 2 is 0.878 bits per heavy atom. The summed E-state index contributed by atoms with van der Waals surface area (Å²) in [7, 11) is 0. The van der Waals surface area contributed by atoms with Crippen LogP contribution < -0.4 is 0 Å². The molecule has 0 amide bonds. The molecule has 0 bridgehead atoms. The summed E-state index contributed by atoms with van der Waals surface area (Å²) in [5.41, 5.74) is 3.32. The third-order valence-electron chi connectivity index (χ3n) is 8.44. The van der Waals surface area contributed by atoms with Crippen molar-refractivity contribution < 1.29 is 0 Å². The van der Waals surface area contributed by atoms with E-state index in [2.05, 4.69) is 340 Å².